The van der Waals surface area contributed by atoms with E-state index in [9.17, 15) is 24.6 Å². The Morgan fingerprint density at radius 1 is 1.23 bits per heavy atom. The Morgan fingerprint density at radius 2 is 1.87 bits per heavy atom. The summed E-state index contributed by atoms with van der Waals surface area (Å²) in [5, 5.41) is 21.2. The number of carbonyl (C=O) groups is 3. The largest absolute Gasteiger partial charge is 0.466 e. The van der Waals surface area contributed by atoms with Crippen molar-refractivity contribution in [3.8, 4) is 0 Å². The number of Topliss-reactive ketones (excluding diaryl/α,β-unsaturated/α-hetero) is 1. The summed E-state index contributed by atoms with van der Waals surface area (Å²) in [5.41, 5.74) is -0.790. The third kappa shape index (κ3) is 5.46. The van der Waals surface area contributed by atoms with E-state index in [1.807, 2.05) is 0 Å². The fourth-order valence-corrected chi connectivity index (χ4v) is 3.47. The first-order chi connectivity index (χ1) is 14.0. The van der Waals surface area contributed by atoms with Crippen LogP contribution < -0.4 is 0 Å². The molecule has 8 heteroatoms. The Hall–Kier alpha value is -2.71. The van der Waals surface area contributed by atoms with Crippen molar-refractivity contribution in [3.05, 3.63) is 47.0 Å². The van der Waals surface area contributed by atoms with E-state index in [-0.39, 0.29) is 36.3 Å². The van der Waals surface area contributed by atoms with E-state index >= 15 is 0 Å². The number of fused-ring (bicyclic) bond motifs is 2. The quantitative estimate of drug-likeness (QED) is 0.562. The number of ether oxygens (including phenoxy) is 2. The molecule has 0 aliphatic carbocycles. The van der Waals surface area contributed by atoms with E-state index in [0.717, 1.165) is 12.7 Å². The Morgan fingerprint density at radius 3 is 2.43 bits per heavy atom. The lowest BCUT2D eigenvalue weighted by atomic mass is 9.88. The zero-order valence-electron chi connectivity index (χ0n) is 17.7. The minimum atomic E-state index is -1.73. The van der Waals surface area contributed by atoms with Crippen LogP contribution in [0.3, 0.4) is 0 Å². The number of furan rings is 1. The van der Waals surface area contributed by atoms with Crippen molar-refractivity contribution in [2.45, 2.75) is 51.2 Å². The normalized spacial score (nSPS) is 27.0. The van der Waals surface area contributed by atoms with Gasteiger partial charge in [-0.25, -0.2) is 9.59 Å². The van der Waals surface area contributed by atoms with Crippen molar-refractivity contribution in [2.24, 2.45) is 5.92 Å². The summed E-state index contributed by atoms with van der Waals surface area (Å²) in [6.07, 6.45) is -0.288. The van der Waals surface area contributed by atoms with Gasteiger partial charge in [0.2, 0.25) is 0 Å². The van der Waals surface area contributed by atoms with Crippen LogP contribution in [-0.2, 0) is 31.9 Å². The summed E-state index contributed by atoms with van der Waals surface area (Å²) in [6, 6.07) is 1.49. The van der Waals surface area contributed by atoms with Gasteiger partial charge >= 0.3 is 11.9 Å². The fourth-order valence-electron chi connectivity index (χ4n) is 3.47. The van der Waals surface area contributed by atoms with Gasteiger partial charge in [0, 0.05) is 19.3 Å². The lowest BCUT2D eigenvalue weighted by Gasteiger charge is -2.23. The maximum Gasteiger partial charge on any atom is 0.341 e. The van der Waals surface area contributed by atoms with Gasteiger partial charge in [-0.2, -0.15) is 0 Å². The molecular weight excluding hydrogens is 392 g/mol. The van der Waals surface area contributed by atoms with Gasteiger partial charge < -0.3 is 24.1 Å². The van der Waals surface area contributed by atoms with Crippen LogP contribution in [0, 0.1) is 5.92 Å². The van der Waals surface area contributed by atoms with Crippen LogP contribution in [0.1, 0.15) is 48.6 Å². The number of hydrogen-bond acceptors (Lipinski definition) is 8. The Labute approximate surface area is 175 Å². The zero-order valence-corrected chi connectivity index (χ0v) is 17.7. The predicted octanol–water partition coefficient (Wildman–Crippen LogP) is 1.92. The number of aliphatic hydroxyl groups excluding tert-OH is 1. The van der Waals surface area contributed by atoms with E-state index in [0.29, 0.717) is 11.5 Å². The average Bonchev–Trinajstić information content (AvgIpc) is 3.06. The molecule has 2 heterocycles. The molecule has 0 saturated carbocycles. The van der Waals surface area contributed by atoms with Crippen molar-refractivity contribution in [1.29, 1.82) is 0 Å². The molecule has 1 aliphatic heterocycles. The van der Waals surface area contributed by atoms with Crippen LogP contribution in [-0.4, -0.2) is 53.9 Å². The first-order valence-corrected chi connectivity index (χ1v) is 9.56. The van der Waals surface area contributed by atoms with Crippen LogP contribution in [0.5, 0.6) is 0 Å². The molecular formula is C22H28O8. The zero-order chi connectivity index (χ0) is 22.6. The summed E-state index contributed by atoms with van der Waals surface area (Å²) >= 11 is 0. The van der Waals surface area contributed by atoms with E-state index in [1.54, 1.807) is 6.92 Å². The molecule has 164 valence electrons. The van der Waals surface area contributed by atoms with Gasteiger partial charge in [-0.1, -0.05) is 18.2 Å². The van der Waals surface area contributed by atoms with E-state index < -0.39 is 35.8 Å². The monoisotopic (exact) mass is 420 g/mol. The SMILES string of the molecule is C=C(C)[C@H]1C/C=C(/C(=O)OC)C(O)C(=O)C[C@](C)(O)Cc2cc(C(=O)OC)c(o2)C1. The maximum atomic E-state index is 12.6. The number of carbonyl (C=O) groups excluding carboxylic acids is 3. The number of aliphatic hydroxyl groups is 2. The third-order valence-electron chi connectivity index (χ3n) is 5.15. The molecule has 1 aliphatic rings. The number of hydrogen-bond donors (Lipinski definition) is 2. The molecule has 2 rings (SSSR count). The molecule has 2 bridgehead atoms. The van der Waals surface area contributed by atoms with Gasteiger partial charge in [0.15, 0.2) is 5.78 Å². The lowest BCUT2D eigenvalue weighted by Crippen LogP contribution is -2.37. The molecule has 8 nitrogen and oxygen atoms in total. The Balaban J connectivity index is 2.59. The van der Waals surface area contributed by atoms with Gasteiger partial charge in [0.25, 0.3) is 0 Å². The van der Waals surface area contributed by atoms with Gasteiger partial charge in [-0.05, 0) is 32.3 Å². The molecule has 0 radical (unpaired) electrons. The summed E-state index contributed by atoms with van der Waals surface area (Å²) < 4.78 is 15.4. The smallest absolute Gasteiger partial charge is 0.341 e. The highest BCUT2D eigenvalue weighted by molar-refractivity contribution is 5.99. The highest BCUT2D eigenvalue weighted by atomic mass is 16.5. The molecule has 0 saturated heterocycles. The molecule has 2 N–H and O–H groups in total. The van der Waals surface area contributed by atoms with Crippen LogP contribution in [0.2, 0.25) is 0 Å². The highest BCUT2D eigenvalue weighted by Gasteiger charge is 2.34. The molecule has 1 unspecified atom stereocenters. The van der Waals surface area contributed by atoms with Crippen LogP contribution in [0.25, 0.3) is 0 Å². The fraction of sp³-hybridized carbons (Fsp3) is 0.500. The van der Waals surface area contributed by atoms with Crippen LogP contribution in [0.15, 0.2) is 34.3 Å². The molecule has 1 aromatic heterocycles. The van der Waals surface area contributed by atoms with Crippen molar-refractivity contribution >= 4 is 17.7 Å². The number of methoxy groups -OCH3 is 2. The van der Waals surface area contributed by atoms with Crippen LogP contribution in [0.4, 0.5) is 0 Å². The first-order valence-electron chi connectivity index (χ1n) is 9.56. The predicted molar refractivity (Wildman–Crippen MR) is 107 cm³/mol. The minimum absolute atomic E-state index is 0.0789. The molecule has 3 atom stereocenters. The standard InChI is InChI=1S/C22H28O8/c1-12(2)13-6-7-15(20(25)28-4)19(24)17(23)11-22(3,27)10-14-9-16(21(26)29-5)18(8-13)30-14/h7,9,13,19,24,27H,1,6,8,10-11H2,2-5H3/b15-7+/t13-,19?,22+/m0/s1. The second-order valence-corrected chi connectivity index (χ2v) is 7.89. The maximum absolute atomic E-state index is 12.6. The molecule has 1 aromatic rings. The summed E-state index contributed by atoms with van der Waals surface area (Å²) in [7, 11) is 2.41. The number of allylic oxidation sites excluding steroid dienone is 2. The van der Waals surface area contributed by atoms with Gasteiger partial charge in [-0.3, -0.25) is 4.79 Å². The topological polar surface area (TPSA) is 123 Å². The van der Waals surface area contributed by atoms with Gasteiger partial charge in [-0.15, -0.1) is 0 Å². The van der Waals surface area contributed by atoms with E-state index in [1.165, 1.54) is 26.2 Å². The molecule has 0 spiro atoms. The van der Waals surface area contributed by atoms with Crippen molar-refractivity contribution in [1.82, 2.24) is 0 Å². The van der Waals surface area contributed by atoms with Gasteiger partial charge in [0.1, 0.15) is 23.2 Å². The highest BCUT2D eigenvalue weighted by Crippen LogP contribution is 2.29. The average molecular weight is 420 g/mol. The lowest BCUT2D eigenvalue weighted by molar-refractivity contribution is -0.140. The van der Waals surface area contributed by atoms with E-state index in [4.69, 9.17) is 13.9 Å². The Bertz CT molecular complexity index is 874. The number of rotatable bonds is 3. The number of esters is 2. The second-order valence-electron chi connectivity index (χ2n) is 7.89. The Kier molecular flexibility index (Phi) is 7.39. The van der Waals surface area contributed by atoms with Crippen molar-refractivity contribution in [2.75, 3.05) is 14.2 Å². The summed E-state index contributed by atoms with van der Waals surface area (Å²) in [6.45, 7) is 7.17. The summed E-state index contributed by atoms with van der Waals surface area (Å²) in [5.74, 6) is -1.73. The molecule has 0 fully saturated rings. The minimum Gasteiger partial charge on any atom is -0.466 e. The van der Waals surface area contributed by atoms with Crippen LogP contribution >= 0.6 is 0 Å². The molecule has 0 aromatic carbocycles. The summed E-state index contributed by atoms with van der Waals surface area (Å²) in [4.78, 5) is 36.9. The molecule has 30 heavy (non-hydrogen) atoms. The van der Waals surface area contributed by atoms with Crippen molar-refractivity contribution < 1.29 is 38.5 Å². The number of ketones is 1. The second kappa shape index (κ2) is 9.40. The molecule has 0 amide bonds. The van der Waals surface area contributed by atoms with Gasteiger partial charge in [0.05, 0.1) is 25.4 Å². The van der Waals surface area contributed by atoms with E-state index in [2.05, 4.69) is 6.58 Å². The first kappa shape index (κ1) is 23.6. The van der Waals surface area contributed by atoms with Crippen molar-refractivity contribution in [3.63, 3.8) is 0 Å². The third-order valence-corrected chi connectivity index (χ3v) is 5.15.